The second-order valence-electron chi connectivity index (χ2n) is 4.69. The lowest BCUT2D eigenvalue weighted by molar-refractivity contribution is -0.113. The maximum absolute atomic E-state index is 11.8. The van der Waals surface area contributed by atoms with Crippen LogP contribution in [0.2, 0.25) is 0 Å². The van der Waals surface area contributed by atoms with Gasteiger partial charge in [-0.15, -0.1) is 0 Å². The van der Waals surface area contributed by atoms with Gasteiger partial charge in [-0.25, -0.2) is 0 Å². The highest BCUT2D eigenvalue weighted by molar-refractivity contribution is 7.99. The largest absolute Gasteiger partial charge is 0.328 e. The number of benzene rings is 1. The van der Waals surface area contributed by atoms with Crippen molar-refractivity contribution in [2.45, 2.75) is 33.2 Å². The fourth-order valence-corrected chi connectivity index (χ4v) is 2.43. The molecule has 0 radical (unpaired) electrons. The molecular weight excluding hydrogens is 244 g/mol. The third kappa shape index (κ3) is 5.56. The minimum absolute atomic E-state index is 0.0541. The van der Waals surface area contributed by atoms with E-state index >= 15 is 0 Å². The molecule has 18 heavy (non-hydrogen) atoms. The van der Waals surface area contributed by atoms with Gasteiger partial charge in [-0.05, 0) is 50.1 Å². The van der Waals surface area contributed by atoms with Crippen molar-refractivity contribution in [2.24, 2.45) is 5.73 Å². The summed E-state index contributed by atoms with van der Waals surface area (Å²) in [7, 11) is 0. The smallest absolute Gasteiger partial charge is 0.234 e. The number of aryl methyl sites for hydroxylation is 2. The molecule has 1 aromatic carbocycles. The Kier molecular flexibility index (Phi) is 6.22. The maximum atomic E-state index is 11.8. The van der Waals surface area contributed by atoms with Crippen molar-refractivity contribution >= 4 is 23.4 Å². The van der Waals surface area contributed by atoms with Crippen LogP contribution in [-0.4, -0.2) is 23.5 Å². The summed E-state index contributed by atoms with van der Waals surface area (Å²) in [6, 6.07) is 6.27. The van der Waals surface area contributed by atoms with Gasteiger partial charge < -0.3 is 11.1 Å². The van der Waals surface area contributed by atoms with Crippen molar-refractivity contribution in [1.82, 2.24) is 0 Å². The van der Waals surface area contributed by atoms with Crippen molar-refractivity contribution in [1.29, 1.82) is 0 Å². The zero-order valence-corrected chi connectivity index (χ0v) is 12.1. The average Bonchev–Trinajstić information content (AvgIpc) is 2.29. The van der Waals surface area contributed by atoms with Crippen LogP contribution in [0.1, 0.15) is 24.5 Å². The summed E-state index contributed by atoms with van der Waals surface area (Å²) < 4.78 is 0. The fraction of sp³-hybridized carbons (Fsp3) is 0.500. The number of rotatable bonds is 6. The molecule has 0 fully saturated rings. The molecule has 1 atom stereocenters. The number of carbonyl (C=O) groups is 1. The van der Waals surface area contributed by atoms with Crippen molar-refractivity contribution in [3.05, 3.63) is 29.3 Å². The van der Waals surface area contributed by atoms with E-state index in [9.17, 15) is 4.79 Å². The summed E-state index contributed by atoms with van der Waals surface area (Å²) in [6.45, 7) is 6.00. The first kappa shape index (κ1) is 15.1. The van der Waals surface area contributed by atoms with Crippen molar-refractivity contribution in [3.8, 4) is 0 Å². The molecule has 0 spiro atoms. The number of carbonyl (C=O) groups excluding carboxylic acids is 1. The Labute approximate surface area is 114 Å². The van der Waals surface area contributed by atoms with Crippen molar-refractivity contribution in [2.75, 3.05) is 16.8 Å². The zero-order chi connectivity index (χ0) is 13.5. The van der Waals surface area contributed by atoms with E-state index in [0.29, 0.717) is 5.75 Å². The monoisotopic (exact) mass is 266 g/mol. The molecule has 0 saturated heterocycles. The third-order valence-electron chi connectivity index (χ3n) is 2.62. The minimum atomic E-state index is 0.0541. The van der Waals surface area contributed by atoms with E-state index in [4.69, 9.17) is 5.73 Å². The van der Waals surface area contributed by atoms with Crippen LogP contribution < -0.4 is 11.1 Å². The van der Waals surface area contributed by atoms with Crippen LogP contribution in [0.4, 0.5) is 5.69 Å². The van der Waals surface area contributed by atoms with Crippen molar-refractivity contribution < 1.29 is 4.79 Å². The average molecular weight is 266 g/mol. The summed E-state index contributed by atoms with van der Waals surface area (Å²) in [5.41, 5.74) is 8.81. The maximum Gasteiger partial charge on any atom is 0.234 e. The lowest BCUT2D eigenvalue weighted by Crippen LogP contribution is -2.18. The lowest BCUT2D eigenvalue weighted by atomic mass is 10.1. The van der Waals surface area contributed by atoms with Crippen LogP contribution >= 0.6 is 11.8 Å². The van der Waals surface area contributed by atoms with Crippen LogP contribution in [0.25, 0.3) is 0 Å². The summed E-state index contributed by atoms with van der Waals surface area (Å²) >= 11 is 1.63. The lowest BCUT2D eigenvalue weighted by Gasteiger charge is -2.09. The molecule has 0 bridgehead atoms. The number of hydrogen-bond donors (Lipinski definition) is 2. The Morgan fingerprint density at radius 3 is 2.83 bits per heavy atom. The zero-order valence-electron chi connectivity index (χ0n) is 11.3. The molecule has 100 valence electrons. The third-order valence-corrected chi connectivity index (χ3v) is 3.61. The molecule has 1 amide bonds. The Morgan fingerprint density at radius 1 is 1.44 bits per heavy atom. The van der Waals surface area contributed by atoms with Gasteiger partial charge in [-0.1, -0.05) is 12.1 Å². The van der Waals surface area contributed by atoms with E-state index in [-0.39, 0.29) is 11.9 Å². The highest BCUT2D eigenvalue weighted by Crippen LogP contribution is 2.16. The number of hydrogen-bond acceptors (Lipinski definition) is 3. The molecule has 0 aromatic heterocycles. The van der Waals surface area contributed by atoms with Crippen molar-refractivity contribution in [3.63, 3.8) is 0 Å². The molecule has 3 N–H and O–H groups in total. The summed E-state index contributed by atoms with van der Waals surface area (Å²) in [6.07, 6.45) is 0.946. The number of amides is 1. The molecule has 0 heterocycles. The van der Waals surface area contributed by atoms with Gasteiger partial charge in [0.05, 0.1) is 5.75 Å². The van der Waals surface area contributed by atoms with E-state index in [2.05, 4.69) is 5.32 Å². The predicted molar refractivity (Wildman–Crippen MR) is 80.1 cm³/mol. The molecule has 0 aliphatic carbocycles. The second-order valence-corrected chi connectivity index (χ2v) is 5.79. The van der Waals surface area contributed by atoms with Crippen LogP contribution in [0.3, 0.4) is 0 Å². The van der Waals surface area contributed by atoms with E-state index in [1.165, 1.54) is 0 Å². The molecule has 0 aliphatic rings. The first-order valence-electron chi connectivity index (χ1n) is 6.19. The van der Waals surface area contributed by atoms with Crippen LogP contribution in [-0.2, 0) is 4.79 Å². The van der Waals surface area contributed by atoms with Gasteiger partial charge in [0.1, 0.15) is 0 Å². The Hall–Kier alpha value is -1.00. The Bertz CT molecular complexity index is 405. The van der Waals surface area contributed by atoms with Crippen LogP contribution in [0.5, 0.6) is 0 Å². The normalized spacial score (nSPS) is 12.2. The van der Waals surface area contributed by atoms with E-state index < -0.39 is 0 Å². The topological polar surface area (TPSA) is 55.1 Å². The molecule has 1 aromatic rings. The van der Waals surface area contributed by atoms with Gasteiger partial charge in [0.15, 0.2) is 0 Å². The summed E-state index contributed by atoms with van der Waals surface area (Å²) in [4.78, 5) is 11.8. The van der Waals surface area contributed by atoms with Gasteiger partial charge in [-0.2, -0.15) is 11.8 Å². The predicted octanol–water partition coefficient (Wildman–Crippen LogP) is 2.71. The SMILES string of the molecule is Cc1ccc(C)c(NC(=O)CSCCC(C)N)c1. The van der Waals surface area contributed by atoms with Gasteiger partial charge in [0.2, 0.25) is 5.91 Å². The first-order valence-corrected chi connectivity index (χ1v) is 7.35. The molecule has 4 heteroatoms. The van der Waals surface area contributed by atoms with Gasteiger partial charge >= 0.3 is 0 Å². The second kappa shape index (κ2) is 7.44. The highest BCUT2D eigenvalue weighted by Gasteiger charge is 2.05. The molecule has 0 aliphatic heterocycles. The standard InChI is InChI=1S/C14H22N2OS/c1-10-4-5-11(2)13(8-10)16-14(17)9-18-7-6-12(3)15/h4-5,8,12H,6-7,9,15H2,1-3H3,(H,16,17). The number of nitrogens with two attached hydrogens (primary N) is 1. The molecule has 0 saturated carbocycles. The minimum Gasteiger partial charge on any atom is -0.328 e. The van der Waals surface area contributed by atoms with E-state index in [0.717, 1.165) is 29.0 Å². The van der Waals surface area contributed by atoms with E-state index in [1.807, 2.05) is 39.0 Å². The highest BCUT2D eigenvalue weighted by atomic mass is 32.2. The first-order chi connectivity index (χ1) is 8.49. The number of anilines is 1. The number of thioether (sulfide) groups is 1. The summed E-state index contributed by atoms with van der Waals surface area (Å²) in [5, 5.41) is 2.95. The molecule has 1 unspecified atom stereocenters. The molecule has 1 rings (SSSR count). The van der Waals surface area contributed by atoms with Crippen LogP contribution in [0, 0.1) is 13.8 Å². The van der Waals surface area contributed by atoms with Crippen LogP contribution in [0.15, 0.2) is 18.2 Å². The van der Waals surface area contributed by atoms with Gasteiger partial charge in [0.25, 0.3) is 0 Å². The Balaban J connectivity index is 2.38. The summed E-state index contributed by atoms with van der Waals surface area (Å²) in [5.74, 6) is 1.47. The number of nitrogens with one attached hydrogen (secondary N) is 1. The quantitative estimate of drug-likeness (QED) is 0.778. The molecular formula is C14H22N2OS. The van der Waals surface area contributed by atoms with Gasteiger partial charge in [-0.3, -0.25) is 4.79 Å². The fourth-order valence-electron chi connectivity index (χ4n) is 1.49. The van der Waals surface area contributed by atoms with E-state index in [1.54, 1.807) is 11.8 Å². The van der Waals surface area contributed by atoms with Gasteiger partial charge in [0, 0.05) is 11.7 Å². The molecule has 3 nitrogen and oxygen atoms in total. The Morgan fingerprint density at radius 2 is 2.17 bits per heavy atom.